The Morgan fingerprint density at radius 2 is 1.80 bits per heavy atom. The fraction of sp³-hybridized carbons (Fsp3) is 0.647. The first-order valence-corrected chi connectivity index (χ1v) is 7.40. The minimum atomic E-state index is 0.165. The summed E-state index contributed by atoms with van der Waals surface area (Å²) < 4.78 is 10.9. The van der Waals surface area contributed by atoms with Gasteiger partial charge in [-0.25, -0.2) is 0 Å². The van der Waals surface area contributed by atoms with Gasteiger partial charge in [0.25, 0.3) is 0 Å². The second kappa shape index (κ2) is 8.28. The van der Waals surface area contributed by atoms with Crippen molar-refractivity contribution in [3.8, 4) is 5.75 Å². The minimum absolute atomic E-state index is 0.165. The van der Waals surface area contributed by atoms with Gasteiger partial charge < -0.3 is 14.8 Å². The lowest BCUT2D eigenvalue weighted by molar-refractivity contribution is 0.188. The van der Waals surface area contributed by atoms with Gasteiger partial charge in [0.2, 0.25) is 0 Å². The number of hydrogen-bond acceptors (Lipinski definition) is 3. The first-order chi connectivity index (χ1) is 9.43. The van der Waals surface area contributed by atoms with E-state index in [9.17, 15) is 0 Å². The molecule has 0 aliphatic heterocycles. The highest BCUT2D eigenvalue weighted by Crippen LogP contribution is 2.24. The van der Waals surface area contributed by atoms with Gasteiger partial charge in [-0.2, -0.15) is 0 Å². The van der Waals surface area contributed by atoms with E-state index in [4.69, 9.17) is 9.47 Å². The van der Waals surface area contributed by atoms with Crippen LogP contribution in [0.5, 0.6) is 5.75 Å². The van der Waals surface area contributed by atoms with Crippen LogP contribution in [0.3, 0.4) is 0 Å². The van der Waals surface area contributed by atoms with Gasteiger partial charge >= 0.3 is 0 Å². The van der Waals surface area contributed by atoms with Crippen molar-refractivity contribution in [1.82, 2.24) is 5.32 Å². The normalized spacial score (nSPS) is 13.2. The van der Waals surface area contributed by atoms with Crippen LogP contribution in [0.25, 0.3) is 0 Å². The molecule has 3 nitrogen and oxygen atoms in total. The van der Waals surface area contributed by atoms with Crippen LogP contribution in [-0.2, 0) is 10.2 Å². The second-order valence-electron chi connectivity index (χ2n) is 6.25. The topological polar surface area (TPSA) is 30.5 Å². The van der Waals surface area contributed by atoms with Gasteiger partial charge in [0, 0.05) is 20.3 Å². The van der Waals surface area contributed by atoms with Crippen molar-refractivity contribution in [3.05, 3.63) is 29.8 Å². The van der Waals surface area contributed by atoms with Gasteiger partial charge in [0.1, 0.15) is 11.9 Å². The molecule has 0 aromatic heterocycles. The van der Waals surface area contributed by atoms with Gasteiger partial charge in [-0.1, -0.05) is 32.9 Å². The molecule has 0 radical (unpaired) electrons. The smallest absolute Gasteiger partial charge is 0.119 e. The molecule has 0 saturated heterocycles. The summed E-state index contributed by atoms with van der Waals surface area (Å²) in [5.74, 6) is 0.934. The Hall–Kier alpha value is -1.06. The number of methoxy groups -OCH3 is 1. The van der Waals surface area contributed by atoms with Crippen LogP contribution in [0.4, 0.5) is 0 Å². The SMILES string of the molecule is COCCCNC[C@H](C)Oc1ccc(C(C)(C)C)cc1. The molecule has 20 heavy (non-hydrogen) atoms. The first-order valence-electron chi connectivity index (χ1n) is 7.40. The molecular weight excluding hydrogens is 250 g/mol. The van der Waals surface area contributed by atoms with Gasteiger partial charge in [0.15, 0.2) is 0 Å². The molecule has 1 aromatic carbocycles. The van der Waals surface area contributed by atoms with E-state index in [1.165, 1.54) is 5.56 Å². The van der Waals surface area contributed by atoms with Crippen LogP contribution in [0.2, 0.25) is 0 Å². The zero-order valence-electron chi connectivity index (χ0n) is 13.5. The summed E-state index contributed by atoms with van der Waals surface area (Å²) in [5.41, 5.74) is 1.52. The molecule has 1 atom stereocenters. The number of ether oxygens (including phenoxy) is 2. The van der Waals surface area contributed by atoms with E-state index in [0.717, 1.165) is 31.9 Å². The number of rotatable bonds is 8. The Labute approximate surface area is 123 Å². The monoisotopic (exact) mass is 279 g/mol. The summed E-state index contributed by atoms with van der Waals surface area (Å²) in [6.45, 7) is 11.4. The maximum atomic E-state index is 5.89. The van der Waals surface area contributed by atoms with Gasteiger partial charge in [-0.05, 0) is 43.0 Å². The van der Waals surface area contributed by atoms with E-state index >= 15 is 0 Å². The Morgan fingerprint density at radius 3 is 2.35 bits per heavy atom. The summed E-state index contributed by atoms with van der Waals surface area (Å²) in [7, 11) is 1.73. The van der Waals surface area contributed by atoms with Crippen molar-refractivity contribution < 1.29 is 9.47 Å². The number of hydrogen-bond donors (Lipinski definition) is 1. The molecule has 1 rings (SSSR count). The number of benzene rings is 1. The maximum Gasteiger partial charge on any atom is 0.119 e. The molecule has 0 amide bonds. The predicted molar refractivity (Wildman–Crippen MR) is 84.6 cm³/mol. The van der Waals surface area contributed by atoms with E-state index in [1.807, 2.05) is 0 Å². The van der Waals surface area contributed by atoms with Crippen molar-refractivity contribution in [1.29, 1.82) is 0 Å². The van der Waals surface area contributed by atoms with Gasteiger partial charge in [0.05, 0.1) is 0 Å². The zero-order valence-corrected chi connectivity index (χ0v) is 13.5. The summed E-state index contributed by atoms with van der Waals surface area (Å²) in [6, 6.07) is 8.41. The minimum Gasteiger partial charge on any atom is -0.489 e. The second-order valence-corrected chi connectivity index (χ2v) is 6.25. The Bertz CT molecular complexity index is 368. The predicted octanol–water partition coefficient (Wildman–Crippen LogP) is 3.38. The Morgan fingerprint density at radius 1 is 1.15 bits per heavy atom. The van der Waals surface area contributed by atoms with Crippen LogP contribution < -0.4 is 10.1 Å². The summed E-state index contributed by atoms with van der Waals surface area (Å²) in [4.78, 5) is 0. The fourth-order valence-corrected chi connectivity index (χ4v) is 1.95. The molecule has 0 spiro atoms. The number of nitrogens with one attached hydrogen (secondary N) is 1. The zero-order chi connectivity index (χ0) is 15.0. The molecule has 1 aromatic rings. The van der Waals surface area contributed by atoms with E-state index < -0.39 is 0 Å². The molecule has 0 heterocycles. The third-order valence-corrected chi connectivity index (χ3v) is 3.19. The molecule has 0 bridgehead atoms. The van der Waals surface area contributed by atoms with Crippen molar-refractivity contribution in [2.45, 2.75) is 45.6 Å². The third-order valence-electron chi connectivity index (χ3n) is 3.19. The lowest BCUT2D eigenvalue weighted by Gasteiger charge is -2.20. The van der Waals surface area contributed by atoms with Gasteiger partial charge in [-0.15, -0.1) is 0 Å². The molecule has 0 aliphatic carbocycles. The molecular formula is C17H29NO2. The molecule has 0 unspecified atom stereocenters. The van der Waals surface area contributed by atoms with Crippen LogP contribution in [-0.4, -0.2) is 32.9 Å². The van der Waals surface area contributed by atoms with E-state index in [-0.39, 0.29) is 11.5 Å². The Balaban J connectivity index is 2.33. The average molecular weight is 279 g/mol. The largest absolute Gasteiger partial charge is 0.489 e. The highest BCUT2D eigenvalue weighted by Gasteiger charge is 2.13. The molecule has 0 fully saturated rings. The summed E-state index contributed by atoms with van der Waals surface area (Å²) in [6.07, 6.45) is 1.20. The first kappa shape index (κ1) is 17.0. The van der Waals surface area contributed by atoms with Crippen molar-refractivity contribution in [2.75, 3.05) is 26.8 Å². The van der Waals surface area contributed by atoms with Crippen molar-refractivity contribution in [2.24, 2.45) is 0 Å². The summed E-state index contributed by atoms with van der Waals surface area (Å²) in [5, 5.41) is 3.37. The lowest BCUT2D eigenvalue weighted by Crippen LogP contribution is -2.30. The van der Waals surface area contributed by atoms with E-state index in [0.29, 0.717) is 0 Å². The summed E-state index contributed by atoms with van der Waals surface area (Å²) >= 11 is 0. The van der Waals surface area contributed by atoms with Crippen molar-refractivity contribution >= 4 is 0 Å². The molecule has 114 valence electrons. The van der Waals surface area contributed by atoms with Crippen LogP contribution in [0, 0.1) is 0 Å². The van der Waals surface area contributed by atoms with E-state index in [2.05, 4.69) is 57.3 Å². The van der Waals surface area contributed by atoms with Crippen LogP contribution >= 0.6 is 0 Å². The average Bonchev–Trinajstić information content (AvgIpc) is 2.38. The quantitative estimate of drug-likeness (QED) is 0.740. The van der Waals surface area contributed by atoms with Gasteiger partial charge in [-0.3, -0.25) is 0 Å². The molecule has 0 aliphatic rings. The molecule has 0 saturated carbocycles. The highest BCUT2D eigenvalue weighted by molar-refractivity contribution is 5.31. The highest BCUT2D eigenvalue weighted by atomic mass is 16.5. The standard InChI is InChI=1S/C17H29NO2/c1-14(13-18-11-6-12-19-5)20-16-9-7-15(8-10-16)17(2,3)4/h7-10,14,18H,6,11-13H2,1-5H3/t14-/m0/s1. The molecule has 1 N–H and O–H groups in total. The Kier molecular flexibility index (Phi) is 7.03. The molecule has 3 heteroatoms. The van der Waals surface area contributed by atoms with Crippen LogP contribution in [0.1, 0.15) is 39.7 Å². The van der Waals surface area contributed by atoms with Crippen LogP contribution in [0.15, 0.2) is 24.3 Å². The fourth-order valence-electron chi connectivity index (χ4n) is 1.95. The lowest BCUT2D eigenvalue weighted by atomic mass is 9.87. The third kappa shape index (κ3) is 6.40. The van der Waals surface area contributed by atoms with Crippen molar-refractivity contribution in [3.63, 3.8) is 0 Å². The van der Waals surface area contributed by atoms with E-state index in [1.54, 1.807) is 7.11 Å². The maximum absolute atomic E-state index is 5.89.